The molecule has 1 unspecified atom stereocenters. The first-order valence-corrected chi connectivity index (χ1v) is 9.57. The molecule has 5 heteroatoms. The molecule has 0 saturated carbocycles. The first-order chi connectivity index (χ1) is 14.2. The van der Waals surface area contributed by atoms with Crippen LogP contribution in [-0.4, -0.2) is 38.1 Å². The first kappa shape index (κ1) is 26.8. The lowest BCUT2D eigenvalue weighted by Gasteiger charge is -2.14. The van der Waals surface area contributed by atoms with Crippen LogP contribution in [0.15, 0.2) is 73.8 Å². The fourth-order valence-electron chi connectivity index (χ4n) is 2.11. The summed E-state index contributed by atoms with van der Waals surface area (Å²) in [6.07, 6.45) is 4.27. The number of carbonyl (C=O) groups is 2. The van der Waals surface area contributed by atoms with Crippen LogP contribution in [-0.2, 0) is 9.53 Å². The van der Waals surface area contributed by atoms with Crippen LogP contribution in [0.3, 0.4) is 0 Å². The van der Waals surface area contributed by atoms with Crippen molar-refractivity contribution in [3.63, 3.8) is 0 Å². The van der Waals surface area contributed by atoms with Crippen molar-refractivity contribution in [1.29, 1.82) is 0 Å². The molecule has 0 heterocycles. The van der Waals surface area contributed by atoms with Gasteiger partial charge in [-0.2, -0.15) is 0 Å². The van der Waals surface area contributed by atoms with E-state index in [0.717, 1.165) is 23.1 Å². The maximum absolute atomic E-state index is 10.1. The molecule has 5 nitrogen and oxygen atoms in total. The minimum Gasteiger partial charge on any atom is -0.462 e. The molecule has 0 radical (unpaired) electrons. The number of anilines is 1. The summed E-state index contributed by atoms with van der Waals surface area (Å²) in [5.74, 6) is -0.264. The standard InChI is InChI=1S/C12H17NO.C8H8O.C5H8O2/c1-4-5-12(14)10-6-8-11(9-7-10)13(2)3;1-7-2-4-8(6-9)5-3-7;1-3-4-7-5(2)6/h4,6-9,12,14H,1,5H2,2-3H3;2-6H,1H3;3H,1,4H2,2H3. The predicted octanol–water partition coefficient (Wildman–Crippen LogP) is 4.91. The third kappa shape index (κ3) is 12.3. The Labute approximate surface area is 180 Å². The number of rotatable bonds is 7. The summed E-state index contributed by atoms with van der Waals surface area (Å²) in [6, 6.07) is 15.4. The van der Waals surface area contributed by atoms with E-state index in [2.05, 4.69) is 17.9 Å². The molecule has 1 N–H and O–H groups in total. The average molecular weight is 412 g/mol. The largest absolute Gasteiger partial charge is 0.462 e. The van der Waals surface area contributed by atoms with Crippen LogP contribution in [0.5, 0.6) is 0 Å². The van der Waals surface area contributed by atoms with E-state index in [-0.39, 0.29) is 5.97 Å². The molecular weight excluding hydrogens is 378 g/mol. The summed E-state index contributed by atoms with van der Waals surface area (Å²) in [5, 5.41) is 9.67. The van der Waals surface area contributed by atoms with Crippen LogP contribution >= 0.6 is 0 Å². The van der Waals surface area contributed by atoms with Crippen LogP contribution in [0.4, 0.5) is 5.69 Å². The Hall–Kier alpha value is -3.18. The lowest BCUT2D eigenvalue weighted by atomic mass is 10.1. The molecule has 0 aromatic heterocycles. The summed E-state index contributed by atoms with van der Waals surface area (Å²) in [4.78, 5) is 22.1. The molecule has 0 bridgehead atoms. The van der Waals surface area contributed by atoms with Gasteiger partial charge < -0.3 is 14.7 Å². The second-order valence-corrected chi connectivity index (χ2v) is 6.65. The van der Waals surface area contributed by atoms with Crippen LogP contribution in [0, 0.1) is 6.92 Å². The Kier molecular flexibility index (Phi) is 14.0. The SMILES string of the molecule is C=CCC(O)c1ccc(N(C)C)cc1.C=CCOC(C)=O.Cc1ccc(C=O)cc1. The van der Waals surface area contributed by atoms with Gasteiger partial charge in [-0.05, 0) is 31.0 Å². The molecule has 162 valence electrons. The smallest absolute Gasteiger partial charge is 0.302 e. The lowest BCUT2D eigenvalue weighted by Crippen LogP contribution is -2.08. The van der Waals surface area contributed by atoms with Gasteiger partial charge in [0.25, 0.3) is 0 Å². The van der Waals surface area contributed by atoms with Gasteiger partial charge >= 0.3 is 5.97 Å². The Morgan fingerprint density at radius 2 is 1.63 bits per heavy atom. The van der Waals surface area contributed by atoms with E-state index in [1.54, 1.807) is 6.08 Å². The number of esters is 1. The van der Waals surface area contributed by atoms with E-state index in [0.29, 0.717) is 13.0 Å². The maximum Gasteiger partial charge on any atom is 0.302 e. The van der Waals surface area contributed by atoms with E-state index in [1.165, 1.54) is 18.6 Å². The second kappa shape index (κ2) is 15.7. The molecule has 30 heavy (non-hydrogen) atoms. The molecule has 0 fully saturated rings. The minimum absolute atomic E-state index is 0.264. The van der Waals surface area contributed by atoms with Crippen molar-refractivity contribution in [1.82, 2.24) is 0 Å². The Bertz CT molecular complexity index is 765. The number of benzene rings is 2. The highest BCUT2D eigenvalue weighted by Crippen LogP contribution is 2.20. The van der Waals surface area contributed by atoms with E-state index < -0.39 is 6.10 Å². The number of aryl methyl sites for hydroxylation is 1. The number of hydrogen-bond donors (Lipinski definition) is 1. The fourth-order valence-corrected chi connectivity index (χ4v) is 2.11. The van der Waals surface area contributed by atoms with Crippen molar-refractivity contribution in [3.8, 4) is 0 Å². The number of carbonyl (C=O) groups excluding carboxylic acids is 2. The molecule has 0 aliphatic heterocycles. The zero-order valence-electron chi connectivity index (χ0n) is 18.4. The highest BCUT2D eigenvalue weighted by Gasteiger charge is 2.04. The molecule has 2 aromatic rings. The Morgan fingerprint density at radius 1 is 1.07 bits per heavy atom. The zero-order valence-corrected chi connectivity index (χ0v) is 18.4. The second-order valence-electron chi connectivity index (χ2n) is 6.65. The van der Waals surface area contributed by atoms with Gasteiger partial charge in [-0.25, -0.2) is 0 Å². The minimum atomic E-state index is -0.427. The van der Waals surface area contributed by atoms with E-state index in [9.17, 15) is 14.7 Å². The quantitative estimate of drug-likeness (QED) is 0.399. The topological polar surface area (TPSA) is 66.8 Å². The average Bonchev–Trinajstić information content (AvgIpc) is 2.74. The number of nitrogens with zero attached hydrogens (tertiary/aromatic N) is 1. The number of aliphatic hydroxyl groups is 1. The van der Waals surface area contributed by atoms with Crippen LogP contribution < -0.4 is 4.90 Å². The summed E-state index contributed by atoms with van der Waals surface area (Å²) < 4.78 is 4.43. The highest BCUT2D eigenvalue weighted by atomic mass is 16.5. The monoisotopic (exact) mass is 411 g/mol. The summed E-state index contributed by atoms with van der Waals surface area (Å²) in [7, 11) is 3.99. The number of hydrogen-bond acceptors (Lipinski definition) is 5. The van der Waals surface area contributed by atoms with Gasteiger partial charge in [0.1, 0.15) is 12.9 Å². The maximum atomic E-state index is 10.1. The van der Waals surface area contributed by atoms with Crippen molar-refractivity contribution in [3.05, 3.63) is 90.5 Å². The third-order valence-electron chi connectivity index (χ3n) is 3.80. The molecule has 0 aliphatic rings. The van der Waals surface area contributed by atoms with Gasteiger partial charge in [0, 0.05) is 32.3 Å². The molecule has 1 atom stereocenters. The normalized spacial score (nSPS) is 10.2. The molecule has 0 saturated heterocycles. The van der Waals surface area contributed by atoms with Crippen LogP contribution in [0.1, 0.15) is 40.9 Å². The Morgan fingerprint density at radius 3 is 2.00 bits per heavy atom. The zero-order chi connectivity index (χ0) is 22.9. The lowest BCUT2D eigenvalue weighted by molar-refractivity contribution is -0.139. The van der Waals surface area contributed by atoms with Gasteiger partial charge in [0.15, 0.2) is 0 Å². The molecule has 0 spiro atoms. The summed E-state index contributed by atoms with van der Waals surface area (Å²) in [6.45, 7) is 10.6. The van der Waals surface area contributed by atoms with E-state index in [4.69, 9.17) is 0 Å². The molecule has 2 aromatic carbocycles. The highest BCUT2D eigenvalue weighted by molar-refractivity contribution is 5.74. The predicted molar refractivity (Wildman–Crippen MR) is 124 cm³/mol. The van der Waals surface area contributed by atoms with Crippen LogP contribution in [0.25, 0.3) is 0 Å². The van der Waals surface area contributed by atoms with Gasteiger partial charge in [0.2, 0.25) is 0 Å². The van der Waals surface area contributed by atoms with Gasteiger partial charge in [-0.1, -0.05) is 60.7 Å². The molecule has 2 rings (SSSR count). The van der Waals surface area contributed by atoms with E-state index in [1.807, 2.05) is 74.4 Å². The molecule has 0 amide bonds. The van der Waals surface area contributed by atoms with Crippen molar-refractivity contribution >= 4 is 17.9 Å². The number of ether oxygens (including phenoxy) is 1. The van der Waals surface area contributed by atoms with Gasteiger partial charge in [0.05, 0.1) is 6.10 Å². The van der Waals surface area contributed by atoms with Crippen molar-refractivity contribution < 1.29 is 19.4 Å². The van der Waals surface area contributed by atoms with E-state index >= 15 is 0 Å². The van der Waals surface area contributed by atoms with Crippen molar-refractivity contribution in [2.45, 2.75) is 26.4 Å². The van der Waals surface area contributed by atoms with Crippen LogP contribution in [0.2, 0.25) is 0 Å². The summed E-state index contributed by atoms with van der Waals surface area (Å²) >= 11 is 0. The Balaban J connectivity index is 0.000000454. The molecule has 0 aliphatic carbocycles. The number of aldehydes is 1. The van der Waals surface area contributed by atoms with Gasteiger partial charge in [-0.3, -0.25) is 9.59 Å². The third-order valence-corrected chi connectivity index (χ3v) is 3.80. The molecular formula is C25H33NO4. The van der Waals surface area contributed by atoms with Crippen molar-refractivity contribution in [2.75, 3.05) is 25.6 Å². The van der Waals surface area contributed by atoms with Gasteiger partial charge in [-0.15, -0.1) is 6.58 Å². The first-order valence-electron chi connectivity index (χ1n) is 9.57. The fraction of sp³-hybridized carbons (Fsp3) is 0.280. The number of aliphatic hydroxyl groups excluding tert-OH is 1. The summed E-state index contributed by atoms with van der Waals surface area (Å²) in [5.41, 5.74) is 4.00. The van der Waals surface area contributed by atoms with Crippen molar-refractivity contribution in [2.24, 2.45) is 0 Å².